The summed E-state index contributed by atoms with van der Waals surface area (Å²) in [4.78, 5) is 0. The monoisotopic (exact) mass is 187 g/mol. The van der Waals surface area contributed by atoms with Gasteiger partial charge in [0.2, 0.25) is 0 Å². The molecule has 0 N–H and O–H groups in total. The largest absolute Gasteiger partial charge is 0.492 e. The number of nitriles is 1. The smallest absolute Gasteiger partial charge is 0.137 e. The molecule has 0 atom stereocenters. The third kappa shape index (κ3) is 2.05. The Kier molecular flexibility index (Phi) is 2.41. The van der Waals surface area contributed by atoms with Crippen LogP contribution in [-0.4, -0.2) is 6.61 Å². The van der Waals surface area contributed by atoms with Crippen LogP contribution in [0.15, 0.2) is 18.2 Å². The molecule has 0 spiro atoms. The topological polar surface area (TPSA) is 33.0 Å². The Morgan fingerprint density at radius 2 is 2.29 bits per heavy atom. The van der Waals surface area contributed by atoms with Crippen LogP contribution in [0.2, 0.25) is 0 Å². The third-order valence-electron chi connectivity index (χ3n) is 2.43. The highest BCUT2D eigenvalue weighted by Gasteiger charge is 2.22. The molecule has 1 aliphatic carbocycles. The number of aryl methyl sites for hydroxylation is 1. The summed E-state index contributed by atoms with van der Waals surface area (Å²) in [6.45, 7) is 2.74. The number of hydrogen-bond donors (Lipinski definition) is 0. The van der Waals surface area contributed by atoms with Crippen LogP contribution in [0.5, 0.6) is 5.75 Å². The number of hydrogen-bond acceptors (Lipinski definition) is 2. The first kappa shape index (κ1) is 9.08. The molecule has 1 fully saturated rings. The van der Waals surface area contributed by atoms with E-state index >= 15 is 0 Å². The van der Waals surface area contributed by atoms with E-state index < -0.39 is 0 Å². The Labute approximate surface area is 84.1 Å². The molecular weight excluding hydrogens is 174 g/mol. The Balaban J connectivity index is 2.10. The van der Waals surface area contributed by atoms with Crippen LogP contribution in [0.3, 0.4) is 0 Å². The zero-order valence-electron chi connectivity index (χ0n) is 8.29. The summed E-state index contributed by atoms with van der Waals surface area (Å²) in [5.41, 5.74) is 1.74. The number of benzene rings is 1. The second kappa shape index (κ2) is 3.71. The van der Waals surface area contributed by atoms with Gasteiger partial charge >= 0.3 is 0 Å². The summed E-state index contributed by atoms with van der Waals surface area (Å²) in [6.07, 6.45) is 2.54. The molecule has 1 aliphatic rings. The fourth-order valence-corrected chi connectivity index (χ4v) is 1.35. The molecule has 2 heteroatoms. The van der Waals surface area contributed by atoms with E-state index in [2.05, 4.69) is 6.07 Å². The maximum absolute atomic E-state index is 8.89. The maximum atomic E-state index is 8.89. The SMILES string of the molecule is Cc1ccc(OCC2CC2)c(C#N)c1. The average molecular weight is 187 g/mol. The molecule has 0 aliphatic heterocycles. The van der Waals surface area contributed by atoms with Crippen LogP contribution in [0.1, 0.15) is 24.0 Å². The summed E-state index contributed by atoms with van der Waals surface area (Å²) in [5, 5.41) is 8.89. The van der Waals surface area contributed by atoms with Crippen molar-refractivity contribution < 1.29 is 4.74 Å². The minimum absolute atomic E-state index is 0.644. The van der Waals surface area contributed by atoms with Crippen molar-refractivity contribution in [3.8, 4) is 11.8 Å². The molecule has 14 heavy (non-hydrogen) atoms. The van der Waals surface area contributed by atoms with Crippen molar-refractivity contribution in [3.05, 3.63) is 29.3 Å². The van der Waals surface area contributed by atoms with E-state index in [0.29, 0.717) is 5.56 Å². The molecular formula is C12H13NO. The highest BCUT2D eigenvalue weighted by Crippen LogP contribution is 2.30. The number of nitrogens with zero attached hydrogens (tertiary/aromatic N) is 1. The normalized spacial score (nSPS) is 14.9. The van der Waals surface area contributed by atoms with Gasteiger partial charge in [0.05, 0.1) is 12.2 Å². The van der Waals surface area contributed by atoms with E-state index in [-0.39, 0.29) is 0 Å². The van der Waals surface area contributed by atoms with Gasteiger partial charge in [-0.15, -0.1) is 0 Å². The highest BCUT2D eigenvalue weighted by molar-refractivity contribution is 5.45. The van der Waals surface area contributed by atoms with E-state index in [1.165, 1.54) is 12.8 Å². The second-order valence-electron chi connectivity index (χ2n) is 3.87. The van der Waals surface area contributed by atoms with Gasteiger partial charge in [-0.25, -0.2) is 0 Å². The number of ether oxygens (including phenoxy) is 1. The first-order valence-electron chi connectivity index (χ1n) is 4.93. The average Bonchev–Trinajstić information content (AvgIpc) is 2.99. The van der Waals surface area contributed by atoms with Crippen LogP contribution in [0.25, 0.3) is 0 Å². The standard InChI is InChI=1S/C12H13NO/c1-9-2-5-12(11(6-9)7-13)14-8-10-3-4-10/h2,5-6,10H,3-4,8H2,1H3. The van der Waals surface area contributed by atoms with Gasteiger partial charge in [0.15, 0.2) is 0 Å². The second-order valence-corrected chi connectivity index (χ2v) is 3.87. The predicted molar refractivity (Wildman–Crippen MR) is 54.1 cm³/mol. The third-order valence-corrected chi connectivity index (χ3v) is 2.43. The summed E-state index contributed by atoms with van der Waals surface area (Å²) in [5.74, 6) is 1.45. The lowest BCUT2D eigenvalue weighted by Crippen LogP contribution is -2.00. The van der Waals surface area contributed by atoms with E-state index in [4.69, 9.17) is 10.00 Å². The fourth-order valence-electron chi connectivity index (χ4n) is 1.35. The molecule has 0 amide bonds. The van der Waals surface area contributed by atoms with E-state index in [0.717, 1.165) is 23.8 Å². The van der Waals surface area contributed by atoms with Crippen molar-refractivity contribution in [1.29, 1.82) is 5.26 Å². The van der Waals surface area contributed by atoms with E-state index in [1.54, 1.807) is 0 Å². The van der Waals surface area contributed by atoms with Gasteiger partial charge in [-0.3, -0.25) is 0 Å². The minimum Gasteiger partial charge on any atom is -0.492 e. The lowest BCUT2D eigenvalue weighted by molar-refractivity contribution is 0.299. The predicted octanol–water partition coefficient (Wildman–Crippen LogP) is 2.66. The van der Waals surface area contributed by atoms with Crippen molar-refractivity contribution in [1.82, 2.24) is 0 Å². The van der Waals surface area contributed by atoms with Gasteiger partial charge in [0.25, 0.3) is 0 Å². The summed E-state index contributed by atoms with van der Waals surface area (Å²) >= 11 is 0. The molecule has 2 rings (SSSR count). The van der Waals surface area contributed by atoms with E-state index in [9.17, 15) is 0 Å². The molecule has 0 radical (unpaired) electrons. The minimum atomic E-state index is 0.644. The zero-order chi connectivity index (χ0) is 9.97. The molecule has 0 bridgehead atoms. The van der Waals surface area contributed by atoms with Crippen molar-refractivity contribution in [3.63, 3.8) is 0 Å². The summed E-state index contributed by atoms with van der Waals surface area (Å²) in [7, 11) is 0. The first-order chi connectivity index (χ1) is 6.79. The maximum Gasteiger partial charge on any atom is 0.137 e. The van der Waals surface area contributed by atoms with Crippen molar-refractivity contribution in [2.24, 2.45) is 5.92 Å². The Bertz CT molecular complexity index is 374. The van der Waals surface area contributed by atoms with Crippen molar-refractivity contribution in [2.45, 2.75) is 19.8 Å². The van der Waals surface area contributed by atoms with Crippen molar-refractivity contribution >= 4 is 0 Å². The molecule has 0 saturated heterocycles. The summed E-state index contributed by atoms with van der Waals surface area (Å²) < 4.78 is 5.58. The first-order valence-corrected chi connectivity index (χ1v) is 4.93. The Hall–Kier alpha value is -1.49. The van der Waals surface area contributed by atoms with Crippen LogP contribution in [0, 0.1) is 24.2 Å². The molecule has 0 heterocycles. The van der Waals surface area contributed by atoms with Crippen LogP contribution in [-0.2, 0) is 0 Å². The lowest BCUT2D eigenvalue weighted by atomic mass is 10.1. The van der Waals surface area contributed by atoms with Gasteiger partial charge in [0, 0.05) is 0 Å². The summed E-state index contributed by atoms with van der Waals surface area (Å²) in [6, 6.07) is 7.88. The van der Waals surface area contributed by atoms with Crippen molar-refractivity contribution in [2.75, 3.05) is 6.61 Å². The molecule has 1 aromatic rings. The number of rotatable bonds is 3. The molecule has 0 unspecified atom stereocenters. The van der Waals surface area contributed by atoms with Gasteiger partial charge in [-0.1, -0.05) is 6.07 Å². The van der Waals surface area contributed by atoms with Crippen LogP contribution in [0.4, 0.5) is 0 Å². The van der Waals surface area contributed by atoms with Crippen LogP contribution >= 0.6 is 0 Å². The molecule has 0 aromatic heterocycles. The molecule has 2 nitrogen and oxygen atoms in total. The quantitative estimate of drug-likeness (QED) is 0.728. The van der Waals surface area contributed by atoms with Gasteiger partial charge in [-0.05, 0) is 43.4 Å². The van der Waals surface area contributed by atoms with Gasteiger partial charge in [-0.2, -0.15) is 5.26 Å². The zero-order valence-corrected chi connectivity index (χ0v) is 8.29. The highest BCUT2D eigenvalue weighted by atomic mass is 16.5. The van der Waals surface area contributed by atoms with E-state index in [1.807, 2.05) is 25.1 Å². The Morgan fingerprint density at radius 3 is 2.93 bits per heavy atom. The fraction of sp³-hybridized carbons (Fsp3) is 0.417. The van der Waals surface area contributed by atoms with Gasteiger partial charge in [0.1, 0.15) is 11.8 Å². The molecule has 1 saturated carbocycles. The lowest BCUT2D eigenvalue weighted by Gasteiger charge is -2.07. The van der Waals surface area contributed by atoms with Gasteiger partial charge < -0.3 is 4.74 Å². The molecule has 1 aromatic carbocycles. The van der Waals surface area contributed by atoms with Crippen LogP contribution < -0.4 is 4.74 Å². The molecule has 72 valence electrons. The Morgan fingerprint density at radius 1 is 1.50 bits per heavy atom.